The lowest BCUT2D eigenvalue weighted by Crippen LogP contribution is -2.39. The summed E-state index contributed by atoms with van der Waals surface area (Å²) in [5.74, 6) is -0.00855. The van der Waals surface area contributed by atoms with Gasteiger partial charge in [0, 0.05) is 32.1 Å². The predicted octanol–water partition coefficient (Wildman–Crippen LogP) is 2.84. The van der Waals surface area contributed by atoms with Gasteiger partial charge in [-0.1, -0.05) is 6.07 Å². The van der Waals surface area contributed by atoms with E-state index in [-0.39, 0.29) is 23.7 Å². The molecule has 1 unspecified atom stereocenters. The maximum Gasteiger partial charge on any atom is 0.322 e. The third-order valence-electron chi connectivity index (χ3n) is 4.96. The molecule has 136 valence electrons. The van der Waals surface area contributed by atoms with Crippen LogP contribution in [0.4, 0.5) is 14.9 Å². The fourth-order valence-corrected chi connectivity index (χ4v) is 3.63. The van der Waals surface area contributed by atoms with Crippen molar-refractivity contribution in [2.75, 3.05) is 32.1 Å². The third-order valence-corrected chi connectivity index (χ3v) is 4.96. The fourth-order valence-electron chi connectivity index (χ4n) is 3.63. The number of hydrogen-bond acceptors (Lipinski definition) is 3. The highest BCUT2D eigenvalue weighted by atomic mass is 19.1. The van der Waals surface area contributed by atoms with Crippen LogP contribution in [0, 0.1) is 5.82 Å². The first-order valence-corrected chi connectivity index (χ1v) is 8.78. The van der Waals surface area contributed by atoms with E-state index in [2.05, 4.69) is 5.32 Å². The number of halogens is 1. The van der Waals surface area contributed by atoms with Gasteiger partial charge in [0.15, 0.2) is 5.82 Å². The highest BCUT2D eigenvalue weighted by molar-refractivity contribution is 5.91. The van der Waals surface area contributed by atoms with Gasteiger partial charge in [-0.05, 0) is 37.8 Å². The average Bonchev–Trinajstić information content (AvgIpc) is 2.89. The van der Waals surface area contributed by atoms with Crippen LogP contribution in [-0.4, -0.2) is 54.5 Å². The van der Waals surface area contributed by atoms with Crippen LogP contribution < -0.4 is 10.1 Å². The number of nitrogens with zero attached hydrogens (tertiary/aromatic N) is 2. The van der Waals surface area contributed by atoms with Crippen molar-refractivity contribution in [2.45, 2.75) is 38.1 Å². The lowest BCUT2D eigenvalue weighted by molar-refractivity contribution is -0.129. The molecule has 3 amide bonds. The largest absolute Gasteiger partial charge is 0.494 e. The third kappa shape index (κ3) is 3.86. The van der Waals surface area contributed by atoms with Crippen LogP contribution in [0.25, 0.3) is 0 Å². The molecule has 2 fully saturated rings. The number of hydrogen-bond donors (Lipinski definition) is 1. The molecule has 6 nitrogen and oxygen atoms in total. The standard InChI is InChI=1S/C18H24FN3O3/c1-25-15-7-2-6-14(19)17(15)20-18(24)21-10-3-5-13(9-12-21)22-11-4-8-16(22)23/h2,6-7,13H,3-5,8-12H2,1H3,(H,20,24). The van der Waals surface area contributed by atoms with Gasteiger partial charge in [-0.3, -0.25) is 4.79 Å². The molecule has 25 heavy (non-hydrogen) atoms. The summed E-state index contributed by atoms with van der Waals surface area (Å²) in [4.78, 5) is 28.1. The summed E-state index contributed by atoms with van der Waals surface area (Å²) in [7, 11) is 1.44. The molecule has 2 aliphatic heterocycles. The van der Waals surface area contributed by atoms with Crippen molar-refractivity contribution >= 4 is 17.6 Å². The molecule has 0 bridgehead atoms. The molecule has 0 saturated carbocycles. The quantitative estimate of drug-likeness (QED) is 0.913. The van der Waals surface area contributed by atoms with Gasteiger partial charge in [-0.2, -0.15) is 0 Å². The first-order valence-electron chi connectivity index (χ1n) is 8.78. The van der Waals surface area contributed by atoms with Gasteiger partial charge < -0.3 is 19.9 Å². The van der Waals surface area contributed by atoms with E-state index < -0.39 is 5.82 Å². The van der Waals surface area contributed by atoms with Gasteiger partial charge in [-0.25, -0.2) is 9.18 Å². The topological polar surface area (TPSA) is 61.9 Å². The van der Waals surface area contributed by atoms with Gasteiger partial charge in [-0.15, -0.1) is 0 Å². The Balaban J connectivity index is 1.63. The Bertz CT molecular complexity index is 652. The number of methoxy groups -OCH3 is 1. The molecule has 2 saturated heterocycles. The smallest absolute Gasteiger partial charge is 0.322 e. The molecule has 1 aromatic rings. The first kappa shape index (κ1) is 17.5. The first-order chi connectivity index (χ1) is 12.1. The Labute approximate surface area is 146 Å². The van der Waals surface area contributed by atoms with E-state index >= 15 is 0 Å². The Morgan fingerprint density at radius 3 is 2.80 bits per heavy atom. The van der Waals surface area contributed by atoms with E-state index in [1.807, 2.05) is 4.90 Å². The van der Waals surface area contributed by atoms with Crippen molar-refractivity contribution in [3.05, 3.63) is 24.0 Å². The van der Waals surface area contributed by atoms with E-state index in [1.54, 1.807) is 11.0 Å². The molecular weight excluding hydrogens is 325 g/mol. The normalized spacial score (nSPS) is 21.2. The molecule has 0 radical (unpaired) electrons. The number of anilines is 1. The van der Waals surface area contributed by atoms with E-state index in [4.69, 9.17) is 4.74 Å². The van der Waals surface area contributed by atoms with Crippen molar-refractivity contribution in [1.82, 2.24) is 9.80 Å². The van der Waals surface area contributed by atoms with Gasteiger partial charge in [0.1, 0.15) is 11.4 Å². The van der Waals surface area contributed by atoms with Gasteiger partial charge in [0.2, 0.25) is 5.91 Å². The molecule has 3 rings (SSSR count). The SMILES string of the molecule is COc1cccc(F)c1NC(=O)N1CCCC(N2CCCC2=O)CC1. The highest BCUT2D eigenvalue weighted by Gasteiger charge is 2.30. The number of para-hydroxylation sites is 1. The number of carbonyl (C=O) groups excluding carboxylic acids is 2. The minimum atomic E-state index is -0.525. The van der Waals surface area contributed by atoms with Crippen LogP contribution in [0.3, 0.4) is 0 Å². The Morgan fingerprint density at radius 2 is 2.08 bits per heavy atom. The molecule has 1 aromatic carbocycles. The predicted molar refractivity (Wildman–Crippen MR) is 92.1 cm³/mol. The molecule has 1 N–H and O–H groups in total. The summed E-state index contributed by atoms with van der Waals surface area (Å²) in [5, 5.41) is 2.63. The Morgan fingerprint density at radius 1 is 1.24 bits per heavy atom. The molecule has 0 spiro atoms. The van der Waals surface area contributed by atoms with E-state index in [0.29, 0.717) is 25.3 Å². The lowest BCUT2D eigenvalue weighted by atomic mass is 10.1. The second-order valence-corrected chi connectivity index (χ2v) is 6.51. The van der Waals surface area contributed by atoms with Crippen molar-refractivity contribution in [2.24, 2.45) is 0 Å². The average molecular weight is 349 g/mol. The van der Waals surface area contributed by atoms with Crippen molar-refractivity contribution in [1.29, 1.82) is 0 Å². The van der Waals surface area contributed by atoms with E-state index in [0.717, 1.165) is 32.2 Å². The van der Waals surface area contributed by atoms with Crippen LogP contribution in [0.15, 0.2) is 18.2 Å². The summed E-state index contributed by atoms with van der Waals surface area (Å²) < 4.78 is 19.1. The van der Waals surface area contributed by atoms with Crippen molar-refractivity contribution in [3.8, 4) is 5.75 Å². The van der Waals surface area contributed by atoms with Crippen molar-refractivity contribution in [3.63, 3.8) is 0 Å². The number of nitrogens with one attached hydrogen (secondary N) is 1. The minimum Gasteiger partial charge on any atom is -0.494 e. The number of carbonyl (C=O) groups is 2. The maximum absolute atomic E-state index is 14.0. The van der Waals surface area contributed by atoms with E-state index in [9.17, 15) is 14.0 Å². The zero-order valence-electron chi connectivity index (χ0n) is 14.5. The molecule has 2 heterocycles. The highest BCUT2D eigenvalue weighted by Crippen LogP contribution is 2.28. The van der Waals surface area contributed by atoms with Crippen LogP contribution in [0.5, 0.6) is 5.75 Å². The van der Waals surface area contributed by atoms with Crippen LogP contribution in [0.1, 0.15) is 32.1 Å². The zero-order valence-corrected chi connectivity index (χ0v) is 14.5. The minimum absolute atomic E-state index is 0.0607. The second kappa shape index (κ2) is 7.72. The number of ether oxygens (including phenoxy) is 1. The van der Waals surface area contributed by atoms with Gasteiger partial charge >= 0.3 is 6.03 Å². The zero-order chi connectivity index (χ0) is 17.8. The van der Waals surface area contributed by atoms with Crippen molar-refractivity contribution < 1.29 is 18.7 Å². The van der Waals surface area contributed by atoms with Crippen LogP contribution in [-0.2, 0) is 4.79 Å². The van der Waals surface area contributed by atoms with Gasteiger partial charge in [0.25, 0.3) is 0 Å². The number of rotatable bonds is 3. The monoisotopic (exact) mass is 349 g/mol. The molecule has 1 atom stereocenters. The Hall–Kier alpha value is -2.31. The number of likely N-dealkylation sites (tertiary alicyclic amines) is 2. The summed E-state index contributed by atoms with van der Waals surface area (Å²) in [6, 6.07) is 4.30. The van der Waals surface area contributed by atoms with E-state index in [1.165, 1.54) is 19.2 Å². The number of benzene rings is 1. The summed E-state index contributed by atoms with van der Waals surface area (Å²) in [6.07, 6.45) is 4.04. The fraction of sp³-hybridized carbons (Fsp3) is 0.556. The summed E-state index contributed by atoms with van der Waals surface area (Å²) >= 11 is 0. The number of amides is 3. The lowest BCUT2D eigenvalue weighted by Gasteiger charge is -2.27. The second-order valence-electron chi connectivity index (χ2n) is 6.51. The molecule has 0 aliphatic carbocycles. The molecule has 7 heteroatoms. The van der Waals surface area contributed by atoms with Crippen LogP contribution in [0.2, 0.25) is 0 Å². The molecule has 0 aromatic heterocycles. The molecule has 2 aliphatic rings. The van der Waals surface area contributed by atoms with Gasteiger partial charge in [0.05, 0.1) is 7.11 Å². The maximum atomic E-state index is 14.0. The van der Waals surface area contributed by atoms with Crippen LogP contribution >= 0.6 is 0 Å². The number of urea groups is 1. The Kier molecular flexibility index (Phi) is 5.40. The summed E-state index contributed by atoms with van der Waals surface area (Å²) in [6.45, 7) is 1.97. The molecular formula is C18H24FN3O3. The summed E-state index contributed by atoms with van der Waals surface area (Å²) in [5.41, 5.74) is 0.0607.